The molecule has 0 aliphatic heterocycles. The van der Waals surface area contributed by atoms with Crippen molar-refractivity contribution in [2.45, 2.75) is 0 Å². The summed E-state index contributed by atoms with van der Waals surface area (Å²) >= 11 is 0. The molecule has 0 aromatic rings. The van der Waals surface area contributed by atoms with Gasteiger partial charge in [-0.15, -0.1) is 0 Å². The lowest BCUT2D eigenvalue weighted by atomic mass is 10.8. The van der Waals surface area contributed by atoms with Crippen molar-refractivity contribution in [3.8, 4) is 0 Å². The Morgan fingerprint density at radius 2 is 2.18 bits per heavy atom. The van der Waals surface area contributed by atoms with Crippen molar-refractivity contribution in [1.82, 2.24) is 0 Å². The number of hydrogen-bond donors (Lipinski definition) is 2. The fourth-order valence-corrected chi connectivity index (χ4v) is 0.748. The summed E-state index contributed by atoms with van der Waals surface area (Å²) in [6.45, 7) is 0. The van der Waals surface area contributed by atoms with Crippen LogP contribution in [-0.4, -0.2) is 29.4 Å². The quantitative estimate of drug-likeness (QED) is 0.355. The van der Waals surface area contributed by atoms with Crippen LogP contribution in [0, 0.1) is 0 Å². The lowest BCUT2D eigenvalue weighted by molar-refractivity contribution is -0.252. The maximum Gasteiger partial charge on any atom is 0.366 e. The van der Waals surface area contributed by atoms with E-state index in [0.717, 1.165) is 7.11 Å². The van der Waals surface area contributed by atoms with Gasteiger partial charge in [-0.25, -0.2) is 10.1 Å². The van der Waals surface area contributed by atoms with Crippen LogP contribution >= 0.6 is 7.60 Å². The van der Waals surface area contributed by atoms with Gasteiger partial charge < -0.3 is 4.89 Å². The summed E-state index contributed by atoms with van der Waals surface area (Å²) in [4.78, 5) is 26.5. The first-order valence-corrected chi connectivity index (χ1v) is 4.16. The Kier molecular flexibility index (Phi) is 4.24. The molecular weight excluding hydrogens is 179 g/mol. The summed E-state index contributed by atoms with van der Waals surface area (Å²) in [5, 5.41) is 7.75. The Balaban J connectivity index is 3.84. The highest BCUT2D eigenvalue weighted by atomic mass is 31.2. The zero-order valence-electron chi connectivity index (χ0n) is 5.59. The molecule has 0 bridgehead atoms. The molecule has 0 heterocycles. The summed E-state index contributed by atoms with van der Waals surface area (Å²) in [5.74, 6) is -1.10. The van der Waals surface area contributed by atoms with Crippen molar-refractivity contribution in [2.75, 3.05) is 13.3 Å². The topological polar surface area (TPSA) is 102 Å². The van der Waals surface area contributed by atoms with Crippen LogP contribution in [-0.2, 0) is 23.8 Å². The van der Waals surface area contributed by atoms with Crippen molar-refractivity contribution in [3.05, 3.63) is 0 Å². The van der Waals surface area contributed by atoms with Crippen LogP contribution in [0.1, 0.15) is 0 Å². The molecule has 0 radical (unpaired) electrons. The minimum atomic E-state index is -4.26. The van der Waals surface area contributed by atoms with E-state index in [4.69, 9.17) is 10.2 Å². The van der Waals surface area contributed by atoms with Gasteiger partial charge in [0.2, 0.25) is 0 Å². The third-order valence-electron chi connectivity index (χ3n) is 0.633. The molecule has 8 heteroatoms. The normalized spacial score (nSPS) is 15.5. The van der Waals surface area contributed by atoms with Crippen molar-refractivity contribution in [3.63, 3.8) is 0 Å². The maximum atomic E-state index is 10.4. The zero-order valence-corrected chi connectivity index (χ0v) is 6.48. The van der Waals surface area contributed by atoms with Gasteiger partial charge in [-0.1, -0.05) is 0 Å². The fourth-order valence-electron chi connectivity index (χ4n) is 0.311. The minimum absolute atomic E-state index is 0.961. The smallest absolute Gasteiger partial charge is 0.322 e. The highest BCUT2D eigenvalue weighted by Crippen LogP contribution is 2.39. The van der Waals surface area contributed by atoms with Gasteiger partial charge in [-0.05, 0) is 0 Å². The SMILES string of the molecule is COOC(=O)CP(=O)(O)OO. The molecule has 0 saturated heterocycles. The number of rotatable bonds is 4. The summed E-state index contributed by atoms with van der Waals surface area (Å²) in [7, 11) is -3.20. The van der Waals surface area contributed by atoms with Gasteiger partial charge in [0.1, 0.15) is 0 Å². The van der Waals surface area contributed by atoms with Crippen LogP contribution in [0.25, 0.3) is 0 Å². The van der Waals surface area contributed by atoms with Gasteiger partial charge in [-0.2, -0.15) is 9.56 Å². The first-order valence-electron chi connectivity index (χ1n) is 2.40. The number of carbonyl (C=O) groups is 1. The second-order valence-corrected chi connectivity index (χ2v) is 3.25. The molecule has 11 heavy (non-hydrogen) atoms. The van der Waals surface area contributed by atoms with Gasteiger partial charge in [0.05, 0.1) is 7.11 Å². The summed E-state index contributed by atoms with van der Waals surface area (Å²) in [6.07, 6.45) is -0.961. The van der Waals surface area contributed by atoms with Crippen molar-refractivity contribution in [1.29, 1.82) is 0 Å². The van der Waals surface area contributed by atoms with E-state index >= 15 is 0 Å². The molecule has 0 aliphatic carbocycles. The predicted octanol–water partition coefficient (Wildman–Crippen LogP) is -0.234. The second-order valence-electron chi connectivity index (χ2n) is 1.50. The molecule has 2 N–H and O–H groups in total. The molecule has 0 fully saturated rings. The molecule has 0 aliphatic rings. The summed E-state index contributed by atoms with van der Waals surface area (Å²) < 4.78 is 13.5. The Labute approximate surface area is 61.9 Å². The average molecular weight is 186 g/mol. The van der Waals surface area contributed by atoms with Gasteiger partial charge in [0, 0.05) is 0 Å². The van der Waals surface area contributed by atoms with E-state index in [1.54, 1.807) is 0 Å². The summed E-state index contributed by atoms with van der Waals surface area (Å²) in [6, 6.07) is 0. The van der Waals surface area contributed by atoms with E-state index in [2.05, 4.69) is 14.4 Å². The van der Waals surface area contributed by atoms with Gasteiger partial charge in [0.25, 0.3) is 0 Å². The molecule has 7 nitrogen and oxygen atoms in total. The van der Waals surface area contributed by atoms with Crippen LogP contribution < -0.4 is 0 Å². The van der Waals surface area contributed by atoms with Crippen molar-refractivity contribution in [2.24, 2.45) is 0 Å². The van der Waals surface area contributed by atoms with E-state index in [-0.39, 0.29) is 0 Å². The summed E-state index contributed by atoms with van der Waals surface area (Å²) in [5.41, 5.74) is 0. The van der Waals surface area contributed by atoms with Gasteiger partial charge in [0.15, 0.2) is 6.16 Å². The van der Waals surface area contributed by atoms with E-state index in [9.17, 15) is 9.36 Å². The van der Waals surface area contributed by atoms with Gasteiger partial charge >= 0.3 is 13.6 Å². The monoisotopic (exact) mass is 186 g/mol. The minimum Gasteiger partial charge on any atom is -0.322 e. The second kappa shape index (κ2) is 4.42. The van der Waals surface area contributed by atoms with Crippen LogP contribution in [0.15, 0.2) is 0 Å². The van der Waals surface area contributed by atoms with Crippen molar-refractivity contribution >= 4 is 13.6 Å². The highest BCUT2D eigenvalue weighted by molar-refractivity contribution is 7.53. The first kappa shape index (κ1) is 10.5. The molecule has 66 valence electrons. The van der Waals surface area contributed by atoms with Crippen molar-refractivity contribution < 1.29 is 34.0 Å². The first-order chi connectivity index (χ1) is 5.02. The standard InChI is InChI=1S/C3H7O7P/c1-8-9-3(4)2-11(6,7)10-5/h5H,2H2,1H3,(H,6,7). The van der Waals surface area contributed by atoms with E-state index < -0.39 is 19.7 Å². The third-order valence-corrected chi connectivity index (χ3v) is 1.55. The molecule has 1 unspecified atom stereocenters. The van der Waals surface area contributed by atoms with Crippen LogP contribution in [0.5, 0.6) is 0 Å². The average Bonchev–Trinajstić information content (AvgIpc) is 1.87. The van der Waals surface area contributed by atoms with Crippen LogP contribution in [0.2, 0.25) is 0 Å². The Bertz CT molecular complexity index is 177. The molecule has 1 atom stereocenters. The molecule has 0 rings (SSSR count). The zero-order chi connectivity index (χ0) is 8.91. The van der Waals surface area contributed by atoms with Gasteiger partial charge in [-0.3, -0.25) is 9.45 Å². The Hall–Kier alpha value is -0.460. The lowest BCUT2D eigenvalue weighted by Gasteiger charge is -2.03. The molecule has 0 amide bonds. The lowest BCUT2D eigenvalue weighted by Crippen LogP contribution is -2.09. The predicted molar refractivity (Wildman–Crippen MR) is 31.5 cm³/mol. The third kappa shape index (κ3) is 4.88. The molecule has 0 spiro atoms. The fraction of sp³-hybridized carbons (Fsp3) is 0.667. The number of carbonyl (C=O) groups excluding carboxylic acids is 1. The molecule has 0 saturated carbocycles. The Morgan fingerprint density at radius 3 is 2.55 bits per heavy atom. The molecule has 0 aromatic carbocycles. The van der Waals surface area contributed by atoms with Crippen LogP contribution in [0.4, 0.5) is 0 Å². The maximum absolute atomic E-state index is 10.4. The highest BCUT2D eigenvalue weighted by Gasteiger charge is 2.25. The molecular formula is C3H7O7P. The van der Waals surface area contributed by atoms with E-state index in [1.807, 2.05) is 0 Å². The van der Waals surface area contributed by atoms with Crippen LogP contribution in [0.3, 0.4) is 0 Å². The van der Waals surface area contributed by atoms with E-state index in [1.165, 1.54) is 0 Å². The Morgan fingerprint density at radius 1 is 1.64 bits per heavy atom. The largest absolute Gasteiger partial charge is 0.366 e. The number of hydrogen-bond acceptors (Lipinski definition) is 6. The van der Waals surface area contributed by atoms with E-state index in [0.29, 0.717) is 0 Å². The molecule has 0 aromatic heterocycles.